The first kappa shape index (κ1) is 79.4. The second kappa shape index (κ2) is 70.9. The van der Waals surface area contributed by atoms with Crippen molar-refractivity contribution >= 4 is 17.9 Å². The molecule has 0 aromatic heterocycles. The molecule has 0 N–H and O–H groups in total. The molecule has 0 bridgehead atoms. The third kappa shape index (κ3) is 69.1. The molecular weight excluding hydrogens is 997 g/mol. The molecule has 6 heteroatoms. The van der Waals surface area contributed by atoms with Gasteiger partial charge in [0.25, 0.3) is 0 Å². The molecule has 0 spiro atoms. The zero-order valence-corrected chi connectivity index (χ0v) is 55.6. The van der Waals surface area contributed by atoms with Crippen molar-refractivity contribution in [1.29, 1.82) is 0 Å². The first-order valence-electron chi connectivity index (χ1n) is 37.5. The number of rotatable bonds is 71. The minimum Gasteiger partial charge on any atom is -0.462 e. The third-order valence-corrected chi connectivity index (χ3v) is 17.6. The van der Waals surface area contributed by atoms with Gasteiger partial charge in [0, 0.05) is 19.3 Å². The minimum absolute atomic E-state index is 0.0600. The number of carbonyl (C=O) groups excluding carboxylic acids is 3. The van der Waals surface area contributed by atoms with Crippen LogP contribution in [0.1, 0.15) is 445 Å². The summed E-state index contributed by atoms with van der Waals surface area (Å²) in [6.45, 7) is 6.75. The van der Waals surface area contributed by atoms with Crippen LogP contribution in [0.3, 0.4) is 0 Å². The van der Waals surface area contributed by atoms with Gasteiger partial charge >= 0.3 is 17.9 Å². The maximum absolute atomic E-state index is 13.0. The highest BCUT2D eigenvalue weighted by molar-refractivity contribution is 5.71. The standard InChI is InChI=1S/C75H146O6/c1-4-7-10-13-16-19-22-25-28-30-32-34-35-36-37-38-39-40-41-42-44-45-47-50-53-56-59-62-65-68-74(77)80-71-72(70-79-73(76)67-64-61-58-55-52-49-27-24-21-18-15-12-9-6-3)81-75(78)69-66-63-60-57-54-51-48-46-43-33-31-29-26-23-20-17-14-11-8-5-2/h72H,4-71H2,1-3H3. The number of hydrogen-bond donors (Lipinski definition) is 0. The molecule has 0 aromatic rings. The Kier molecular flexibility index (Phi) is 69.5. The molecule has 1 unspecified atom stereocenters. The molecule has 0 heterocycles. The summed E-state index contributed by atoms with van der Waals surface area (Å²) in [6, 6.07) is 0. The molecule has 0 amide bonds. The van der Waals surface area contributed by atoms with Gasteiger partial charge in [0.15, 0.2) is 6.10 Å². The second-order valence-electron chi connectivity index (χ2n) is 25.9. The summed E-state index contributed by atoms with van der Waals surface area (Å²) >= 11 is 0. The molecule has 0 saturated heterocycles. The fourth-order valence-corrected chi connectivity index (χ4v) is 12.0. The van der Waals surface area contributed by atoms with Gasteiger partial charge in [0.05, 0.1) is 0 Å². The minimum atomic E-state index is -0.764. The molecule has 0 aliphatic heterocycles. The lowest BCUT2D eigenvalue weighted by atomic mass is 10.0. The van der Waals surface area contributed by atoms with Crippen molar-refractivity contribution in [2.75, 3.05) is 13.2 Å². The Bertz CT molecular complexity index is 1220. The molecule has 0 aliphatic rings. The summed E-state index contributed by atoms with van der Waals surface area (Å²) in [5.74, 6) is -0.817. The summed E-state index contributed by atoms with van der Waals surface area (Å²) in [5.41, 5.74) is 0. The van der Waals surface area contributed by atoms with Gasteiger partial charge in [-0.1, -0.05) is 406 Å². The number of ether oxygens (including phenoxy) is 3. The summed E-state index contributed by atoms with van der Waals surface area (Å²) in [5, 5.41) is 0. The largest absolute Gasteiger partial charge is 0.462 e. The highest BCUT2D eigenvalue weighted by atomic mass is 16.6. The van der Waals surface area contributed by atoms with Gasteiger partial charge in [0.2, 0.25) is 0 Å². The van der Waals surface area contributed by atoms with Crippen LogP contribution in [0, 0.1) is 0 Å². The molecule has 0 aromatic carbocycles. The van der Waals surface area contributed by atoms with E-state index in [1.165, 1.54) is 347 Å². The van der Waals surface area contributed by atoms with E-state index in [1.807, 2.05) is 0 Å². The Morgan fingerprint density at radius 2 is 0.333 bits per heavy atom. The van der Waals surface area contributed by atoms with Gasteiger partial charge < -0.3 is 14.2 Å². The van der Waals surface area contributed by atoms with Crippen molar-refractivity contribution in [2.45, 2.75) is 451 Å². The lowest BCUT2D eigenvalue weighted by molar-refractivity contribution is -0.167. The molecule has 0 saturated carbocycles. The van der Waals surface area contributed by atoms with Crippen LogP contribution in [-0.4, -0.2) is 37.2 Å². The number of carbonyl (C=O) groups is 3. The third-order valence-electron chi connectivity index (χ3n) is 17.6. The zero-order chi connectivity index (χ0) is 58.5. The Balaban J connectivity index is 4.15. The molecule has 81 heavy (non-hydrogen) atoms. The van der Waals surface area contributed by atoms with Gasteiger partial charge in [-0.15, -0.1) is 0 Å². The van der Waals surface area contributed by atoms with Crippen LogP contribution in [0.25, 0.3) is 0 Å². The Labute approximate surface area is 508 Å². The van der Waals surface area contributed by atoms with Gasteiger partial charge in [0.1, 0.15) is 13.2 Å². The Hall–Kier alpha value is -1.59. The Morgan fingerprint density at radius 3 is 0.494 bits per heavy atom. The highest BCUT2D eigenvalue weighted by Gasteiger charge is 2.20. The smallest absolute Gasteiger partial charge is 0.306 e. The predicted octanol–water partition coefficient (Wildman–Crippen LogP) is 25.8. The average Bonchev–Trinajstić information content (AvgIpc) is 3.47. The molecule has 1 atom stereocenters. The van der Waals surface area contributed by atoms with E-state index in [0.29, 0.717) is 19.3 Å². The van der Waals surface area contributed by atoms with E-state index in [2.05, 4.69) is 20.8 Å². The van der Waals surface area contributed by atoms with Crippen molar-refractivity contribution in [2.24, 2.45) is 0 Å². The highest BCUT2D eigenvalue weighted by Crippen LogP contribution is 2.20. The summed E-state index contributed by atoms with van der Waals surface area (Å²) in [6.07, 6.45) is 84.4. The van der Waals surface area contributed by atoms with Crippen molar-refractivity contribution < 1.29 is 28.6 Å². The monoisotopic (exact) mass is 1140 g/mol. The van der Waals surface area contributed by atoms with Crippen molar-refractivity contribution in [3.63, 3.8) is 0 Å². The van der Waals surface area contributed by atoms with Crippen LogP contribution in [0.5, 0.6) is 0 Å². The van der Waals surface area contributed by atoms with Crippen LogP contribution >= 0.6 is 0 Å². The van der Waals surface area contributed by atoms with Crippen LogP contribution in [0.15, 0.2) is 0 Å². The van der Waals surface area contributed by atoms with E-state index in [-0.39, 0.29) is 31.1 Å². The maximum Gasteiger partial charge on any atom is 0.306 e. The number of unbranched alkanes of at least 4 members (excludes halogenated alkanes) is 60. The van der Waals surface area contributed by atoms with E-state index in [9.17, 15) is 14.4 Å². The molecule has 0 rings (SSSR count). The fourth-order valence-electron chi connectivity index (χ4n) is 12.0. The van der Waals surface area contributed by atoms with E-state index in [4.69, 9.17) is 14.2 Å². The SMILES string of the molecule is CCCCCCCCCCCCCCCCCCCCCCCCCCCCCCCC(=O)OCC(COC(=O)CCCCCCCCCCCCCCCC)OC(=O)CCCCCCCCCCCCCCCCCCCCCC. The van der Waals surface area contributed by atoms with E-state index < -0.39 is 6.10 Å². The first-order chi connectivity index (χ1) is 40.0. The number of hydrogen-bond acceptors (Lipinski definition) is 6. The molecule has 6 nitrogen and oxygen atoms in total. The van der Waals surface area contributed by atoms with Crippen LogP contribution in [0.2, 0.25) is 0 Å². The van der Waals surface area contributed by atoms with Crippen molar-refractivity contribution in [3.8, 4) is 0 Å². The quantitative estimate of drug-likeness (QED) is 0.0343. The first-order valence-corrected chi connectivity index (χ1v) is 37.5. The van der Waals surface area contributed by atoms with Gasteiger partial charge in [-0.2, -0.15) is 0 Å². The van der Waals surface area contributed by atoms with Crippen LogP contribution in [0.4, 0.5) is 0 Å². The topological polar surface area (TPSA) is 78.9 Å². The van der Waals surface area contributed by atoms with Gasteiger partial charge in [-0.3, -0.25) is 14.4 Å². The molecule has 0 fully saturated rings. The van der Waals surface area contributed by atoms with Crippen LogP contribution in [-0.2, 0) is 28.6 Å². The lowest BCUT2D eigenvalue weighted by Crippen LogP contribution is -2.30. The van der Waals surface area contributed by atoms with Crippen LogP contribution < -0.4 is 0 Å². The fraction of sp³-hybridized carbons (Fsp3) is 0.960. The summed E-state index contributed by atoms with van der Waals surface area (Å²) < 4.78 is 17.0. The molecule has 482 valence electrons. The predicted molar refractivity (Wildman–Crippen MR) is 354 cm³/mol. The Morgan fingerprint density at radius 1 is 0.198 bits per heavy atom. The zero-order valence-electron chi connectivity index (χ0n) is 55.6. The van der Waals surface area contributed by atoms with Crippen molar-refractivity contribution in [1.82, 2.24) is 0 Å². The molecule has 0 aliphatic carbocycles. The average molecular weight is 1140 g/mol. The van der Waals surface area contributed by atoms with Gasteiger partial charge in [-0.25, -0.2) is 0 Å². The number of esters is 3. The second-order valence-corrected chi connectivity index (χ2v) is 25.9. The van der Waals surface area contributed by atoms with E-state index in [0.717, 1.165) is 57.8 Å². The summed E-state index contributed by atoms with van der Waals surface area (Å²) in [7, 11) is 0. The van der Waals surface area contributed by atoms with Gasteiger partial charge in [-0.05, 0) is 19.3 Å². The normalized spacial score (nSPS) is 11.9. The van der Waals surface area contributed by atoms with Crippen molar-refractivity contribution in [3.05, 3.63) is 0 Å². The molecular formula is C75H146O6. The maximum atomic E-state index is 13.0. The summed E-state index contributed by atoms with van der Waals surface area (Å²) in [4.78, 5) is 38.5. The lowest BCUT2D eigenvalue weighted by Gasteiger charge is -2.18. The van der Waals surface area contributed by atoms with E-state index >= 15 is 0 Å². The molecule has 0 radical (unpaired) electrons. The van der Waals surface area contributed by atoms with E-state index in [1.54, 1.807) is 0 Å².